The fourth-order valence-corrected chi connectivity index (χ4v) is 3.04. The molecule has 0 bridgehead atoms. The minimum atomic E-state index is -0.0891. The lowest BCUT2D eigenvalue weighted by Crippen LogP contribution is -2.25. The van der Waals surface area contributed by atoms with Gasteiger partial charge >= 0.3 is 0 Å². The SMILES string of the molecule is CN(Cc1ccccc1)C(=O)c1snnc1-c1ccc(Cl)cc1. The van der Waals surface area contributed by atoms with Crippen LogP contribution in [0.2, 0.25) is 5.02 Å². The van der Waals surface area contributed by atoms with Crippen LogP contribution >= 0.6 is 23.1 Å². The topological polar surface area (TPSA) is 46.1 Å². The third kappa shape index (κ3) is 3.57. The van der Waals surface area contributed by atoms with Crippen LogP contribution in [0.1, 0.15) is 15.2 Å². The standard InChI is InChI=1S/C17H14ClN3OS/c1-21(11-12-5-3-2-4-6-12)17(22)16-15(19-20-23-16)13-7-9-14(18)10-8-13/h2-10H,11H2,1H3. The number of benzene rings is 2. The van der Waals surface area contributed by atoms with Gasteiger partial charge in [0.05, 0.1) is 0 Å². The van der Waals surface area contributed by atoms with Gasteiger partial charge in [0.2, 0.25) is 0 Å². The molecule has 0 unspecified atom stereocenters. The van der Waals surface area contributed by atoms with E-state index in [2.05, 4.69) is 9.59 Å². The van der Waals surface area contributed by atoms with Gasteiger partial charge in [0.1, 0.15) is 10.6 Å². The van der Waals surface area contributed by atoms with Gasteiger partial charge in [0.25, 0.3) is 5.91 Å². The van der Waals surface area contributed by atoms with E-state index < -0.39 is 0 Å². The minimum Gasteiger partial charge on any atom is -0.337 e. The van der Waals surface area contributed by atoms with Crippen LogP contribution < -0.4 is 0 Å². The molecule has 0 aliphatic carbocycles. The smallest absolute Gasteiger partial charge is 0.267 e. The molecular formula is C17H14ClN3OS. The molecule has 1 aromatic heterocycles. The third-order valence-electron chi connectivity index (χ3n) is 3.41. The highest BCUT2D eigenvalue weighted by Crippen LogP contribution is 2.26. The minimum absolute atomic E-state index is 0.0891. The molecule has 0 saturated heterocycles. The van der Waals surface area contributed by atoms with Crippen LogP contribution in [0.15, 0.2) is 54.6 Å². The molecule has 116 valence electrons. The van der Waals surface area contributed by atoms with E-state index in [0.717, 1.165) is 22.7 Å². The highest BCUT2D eigenvalue weighted by atomic mass is 35.5. The molecule has 0 fully saturated rings. The molecule has 23 heavy (non-hydrogen) atoms. The van der Waals surface area contributed by atoms with Crippen molar-refractivity contribution < 1.29 is 4.79 Å². The molecule has 0 atom stereocenters. The molecule has 6 heteroatoms. The number of carbonyl (C=O) groups excluding carboxylic acids is 1. The van der Waals surface area contributed by atoms with Gasteiger partial charge in [0.15, 0.2) is 0 Å². The van der Waals surface area contributed by atoms with Crippen molar-refractivity contribution in [2.75, 3.05) is 7.05 Å². The van der Waals surface area contributed by atoms with Crippen molar-refractivity contribution in [1.29, 1.82) is 0 Å². The van der Waals surface area contributed by atoms with Gasteiger partial charge in [-0.2, -0.15) is 0 Å². The Morgan fingerprint density at radius 2 is 1.83 bits per heavy atom. The Morgan fingerprint density at radius 1 is 1.13 bits per heavy atom. The van der Waals surface area contributed by atoms with Crippen LogP contribution in [0.5, 0.6) is 0 Å². The first kappa shape index (κ1) is 15.6. The summed E-state index contributed by atoms with van der Waals surface area (Å²) in [6, 6.07) is 17.1. The number of hydrogen-bond acceptors (Lipinski definition) is 4. The van der Waals surface area contributed by atoms with E-state index >= 15 is 0 Å². The van der Waals surface area contributed by atoms with Crippen LogP contribution in [-0.2, 0) is 6.54 Å². The maximum absolute atomic E-state index is 12.7. The van der Waals surface area contributed by atoms with Gasteiger partial charge in [-0.3, -0.25) is 4.79 Å². The Morgan fingerprint density at radius 3 is 2.52 bits per heavy atom. The van der Waals surface area contributed by atoms with Crippen molar-refractivity contribution in [2.24, 2.45) is 0 Å². The van der Waals surface area contributed by atoms with E-state index in [1.807, 2.05) is 42.5 Å². The molecule has 0 N–H and O–H groups in total. The van der Waals surface area contributed by atoms with Crippen molar-refractivity contribution in [2.45, 2.75) is 6.54 Å². The van der Waals surface area contributed by atoms with Gasteiger partial charge in [-0.05, 0) is 29.2 Å². The average Bonchev–Trinajstić information content (AvgIpc) is 3.05. The van der Waals surface area contributed by atoms with E-state index in [0.29, 0.717) is 22.1 Å². The molecular weight excluding hydrogens is 330 g/mol. The van der Waals surface area contributed by atoms with Gasteiger partial charge in [0, 0.05) is 24.2 Å². The third-order valence-corrected chi connectivity index (χ3v) is 4.38. The molecule has 4 nitrogen and oxygen atoms in total. The summed E-state index contributed by atoms with van der Waals surface area (Å²) in [4.78, 5) is 14.9. The van der Waals surface area contributed by atoms with Gasteiger partial charge in [-0.15, -0.1) is 5.10 Å². The fraction of sp³-hybridized carbons (Fsp3) is 0.118. The number of carbonyl (C=O) groups is 1. The molecule has 0 saturated carbocycles. The summed E-state index contributed by atoms with van der Waals surface area (Å²) in [6.07, 6.45) is 0. The molecule has 2 aromatic carbocycles. The lowest BCUT2D eigenvalue weighted by Gasteiger charge is -2.16. The second kappa shape index (κ2) is 6.89. The van der Waals surface area contributed by atoms with Crippen LogP contribution in [0.4, 0.5) is 0 Å². The predicted molar refractivity (Wildman–Crippen MR) is 92.6 cm³/mol. The summed E-state index contributed by atoms with van der Waals surface area (Å²) in [5.41, 5.74) is 2.50. The van der Waals surface area contributed by atoms with Crippen LogP contribution in [0.25, 0.3) is 11.3 Å². The highest BCUT2D eigenvalue weighted by Gasteiger charge is 2.21. The molecule has 0 spiro atoms. The van der Waals surface area contributed by atoms with E-state index in [-0.39, 0.29) is 5.91 Å². The normalized spacial score (nSPS) is 10.5. The predicted octanol–water partition coefficient (Wildman–Crippen LogP) is 4.13. The van der Waals surface area contributed by atoms with E-state index in [1.165, 1.54) is 0 Å². The van der Waals surface area contributed by atoms with Crippen molar-refractivity contribution in [3.05, 3.63) is 70.1 Å². The maximum atomic E-state index is 12.7. The van der Waals surface area contributed by atoms with Gasteiger partial charge in [-0.25, -0.2) is 0 Å². The summed E-state index contributed by atoms with van der Waals surface area (Å²) in [5, 5.41) is 4.75. The molecule has 3 rings (SSSR count). The summed E-state index contributed by atoms with van der Waals surface area (Å²) < 4.78 is 3.94. The van der Waals surface area contributed by atoms with Crippen LogP contribution in [0.3, 0.4) is 0 Å². The molecule has 0 aliphatic heterocycles. The quantitative estimate of drug-likeness (QED) is 0.715. The molecule has 3 aromatic rings. The Kier molecular flexibility index (Phi) is 4.69. The average molecular weight is 344 g/mol. The number of nitrogens with zero attached hydrogens (tertiary/aromatic N) is 3. The largest absolute Gasteiger partial charge is 0.337 e. The van der Waals surface area contributed by atoms with Gasteiger partial charge < -0.3 is 4.90 Å². The Labute approximate surface area is 143 Å². The highest BCUT2D eigenvalue weighted by molar-refractivity contribution is 7.08. The summed E-state index contributed by atoms with van der Waals surface area (Å²) in [5.74, 6) is -0.0891. The van der Waals surface area contributed by atoms with Crippen LogP contribution in [-0.4, -0.2) is 27.4 Å². The summed E-state index contributed by atoms with van der Waals surface area (Å²) >= 11 is 7.02. The molecule has 1 amide bonds. The second-order valence-corrected chi connectivity index (χ2v) is 6.29. The number of amides is 1. The second-order valence-electron chi connectivity index (χ2n) is 5.10. The first-order valence-electron chi connectivity index (χ1n) is 7.03. The first-order chi connectivity index (χ1) is 11.1. The summed E-state index contributed by atoms with van der Waals surface area (Å²) in [6.45, 7) is 0.539. The van der Waals surface area contributed by atoms with Crippen LogP contribution in [0, 0.1) is 0 Å². The fourth-order valence-electron chi connectivity index (χ4n) is 2.23. The Bertz CT molecular complexity index is 802. The zero-order valence-corrected chi connectivity index (χ0v) is 14.0. The molecule has 1 heterocycles. The van der Waals surface area contributed by atoms with Gasteiger partial charge in [-0.1, -0.05) is 58.6 Å². The van der Waals surface area contributed by atoms with Crippen molar-refractivity contribution >= 4 is 29.0 Å². The number of halogens is 1. The number of aromatic nitrogens is 2. The van der Waals surface area contributed by atoms with E-state index in [4.69, 9.17) is 11.6 Å². The first-order valence-corrected chi connectivity index (χ1v) is 8.18. The number of hydrogen-bond donors (Lipinski definition) is 0. The number of rotatable bonds is 4. The lowest BCUT2D eigenvalue weighted by atomic mass is 10.1. The van der Waals surface area contributed by atoms with Crippen molar-refractivity contribution in [1.82, 2.24) is 14.5 Å². The monoisotopic (exact) mass is 343 g/mol. The van der Waals surface area contributed by atoms with E-state index in [9.17, 15) is 4.79 Å². The zero-order valence-electron chi connectivity index (χ0n) is 12.4. The van der Waals surface area contributed by atoms with Crippen molar-refractivity contribution in [3.63, 3.8) is 0 Å². The lowest BCUT2D eigenvalue weighted by molar-refractivity contribution is 0.0790. The Hall–Kier alpha value is -2.24. The van der Waals surface area contributed by atoms with Crippen molar-refractivity contribution in [3.8, 4) is 11.3 Å². The maximum Gasteiger partial charge on any atom is 0.267 e. The van der Waals surface area contributed by atoms with E-state index in [1.54, 1.807) is 24.1 Å². The molecule has 0 aliphatic rings. The Balaban J connectivity index is 1.83. The summed E-state index contributed by atoms with van der Waals surface area (Å²) in [7, 11) is 1.78. The molecule has 0 radical (unpaired) electrons. The zero-order chi connectivity index (χ0) is 16.2.